The van der Waals surface area contributed by atoms with Gasteiger partial charge in [-0.25, -0.2) is 0 Å². The molecule has 5 aliphatic rings. The molecule has 0 bridgehead atoms. The Kier molecular flexibility index (Phi) is 4.65. The Morgan fingerprint density at radius 1 is 0.615 bits per heavy atom. The third-order valence-electron chi connectivity index (χ3n) is 9.12. The third kappa shape index (κ3) is 2.69. The van der Waals surface area contributed by atoms with E-state index in [2.05, 4.69) is 0 Å². The Hall–Kier alpha value is -0.790. The molecule has 26 heavy (non-hydrogen) atoms. The van der Waals surface area contributed by atoms with Crippen LogP contribution < -0.4 is 5.11 Å². The molecule has 0 radical (unpaired) electrons. The van der Waals surface area contributed by atoms with E-state index in [-0.39, 0.29) is 5.92 Å². The summed E-state index contributed by atoms with van der Waals surface area (Å²) in [5, 5.41) is 13.2. The molecule has 144 valence electrons. The lowest BCUT2D eigenvalue weighted by molar-refractivity contribution is -0.323. The Morgan fingerprint density at radius 3 is 1.96 bits per heavy atom. The van der Waals surface area contributed by atoms with Crippen molar-refractivity contribution in [1.29, 1.82) is 0 Å². The second-order valence-corrected chi connectivity index (χ2v) is 10.2. The minimum Gasteiger partial charge on any atom is -0.875 e. The van der Waals surface area contributed by atoms with E-state index < -0.39 is 0 Å². The molecule has 4 fully saturated rings. The summed E-state index contributed by atoms with van der Waals surface area (Å²) in [5.74, 6) is 4.05. The largest absolute Gasteiger partial charge is 0.875 e. The average Bonchev–Trinajstić information content (AvgIpc) is 3.01. The highest BCUT2D eigenvalue weighted by Crippen LogP contribution is 2.56. The number of carbonyl (C=O) groups excluding carboxylic acids is 1. The number of Topliss-reactive ketones (excluding diaryl/α,β-unsaturated/α-hetero) is 1. The zero-order chi connectivity index (χ0) is 17.7. The van der Waals surface area contributed by atoms with E-state index >= 15 is 0 Å². The van der Waals surface area contributed by atoms with Crippen molar-refractivity contribution < 1.29 is 9.90 Å². The van der Waals surface area contributed by atoms with Gasteiger partial charge in [0.05, 0.1) is 0 Å². The molecule has 0 N–H and O–H groups in total. The van der Waals surface area contributed by atoms with Gasteiger partial charge in [0, 0.05) is 5.92 Å². The van der Waals surface area contributed by atoms with Crippen LogP contribution in [0.25, 0.3) is 0 Å². The summed E-state index contributed by atoms with van der Waals surface area (Å²) in [6, 6.07) is 0. The molecule has 4 saturated carbocycles. The van der Waals surface area contributed by atoms with Gasteiger partial charge in [0.2, 0.25) is 0 Å². The molecule has 0 saturated heterocycles. The molecule has 7 unspecified atom stereocenters. The quantitative estimate of drug-likeness (QED) is 0.698. The van der Waals surface area contributed by atoms with Crippen LogP contribution in [0.2, 0.25) is 0 Å². The zero-order valence-electron chi connectivity index (χ0n) is 16.3. The van der Waals surface area contributed by atoms with Crippen LogP contribution in [-0.2, 0) is 4.79 Å². The van der Waals surface area contributed by atoms with E-state index in [1.807, 2.05) is 0 Å². The topological polar surface area (TPSA) is 40.1 Å². The molecule has 0 aromatic heterocycles. The summed E-state index contributed by atoms with van der Waals surface area (Å²) >= 11 is 0. The predicted octanol–water partition coefficient (Wildman–Crippen LogP) is 5.01. The van der Waals surface area contributed by atoms with E-state index in [0.717, 1.165) is 30.3 Å². The Morgan fingerprint density at radius 2 is 1.23 bits per heavy atom. The van der Waals surface area contributed by atoms with E-state index in [1.165, 1.54) is 77.0 Å². The molecule has 0 spiro atoms. The predicted molar refractivity (Wildman–Crippen MR) is 101 cm³/mol. The van der Waals surface area contributed by atoms with E-state index in [0.29, 0.717) is 35.2 Å². The molecular formula is C24H35O2-. The number of fused-ring (bicyclic) bond motifs is 2. The molecule has 2 heteroatoms. The van der Waals surface area contributed by atoms with Gasteiger partial charge in [0.25, 0.3) is 0 Å². The van der Waals surface area contributed by atoms with Gasteiger partial charge >= 0.3 is 0 Å². The number of carbonyl (C=O) groups is 1. The average molecular weight is 356 g/mol. The maximum Gasteiger partial charge on any atom is 0.164 e. The van der Waals surface area contributed by atoms with Crippen molar-refractivity contribution in [3.8, 4) is 0 Å². The molecule has 7 atom stereocenters. The maximum atomic E-state index is 13.2. The molecule has 2 nitrogen and oxygen atoms in total. The molecule has 5 aliphatic carbocycles. The lowest BCUT2D eigenvalue weighted by Gasteiger charge is -2.45. The highest BCUT2D eigenvalue weighted by Gasteiger charge is 2.51. The van der Waals surface area contributed by atoms with Crippen LogP contribution in [0.4, 0.5) is 0 Å². The van der Waals surface area contributed by atoms with Gasteiger partial charge in [-0.3, -0.25) is 4.79 Å². The van der Waals surface area contributed by atoms with Gasteiger partial charge in [-0.15, -0.1) is 5.76 Å². The van der Waals surface area contributed by atoms with Gasteiger partial charge < -0.3 is 5.11 Å². The van der Waals surface area contributed by atoms with Crippen molar-refractivity contribution in [2.75, 3.05) is 0 Å². The summed E-state index contributed by atoms with van der Waals surface area (Å²) < 4.78 is 0. The first-order valence-corrected chi connectivity index (χ1v) is 11.7. The summed E-state index contributed by atoms with van der Waals surface area (Å²) in [4.78, 5) is 13.2. The normalized spacial score (nSPS) is 46.3. The number of ketones is 1. The maximum absolute atomic E-state index is 13.2. The van der Waals surface area contributed by atoms with Crippen molar-refractivity contribution in [1.82, 2.24) is 0 Å². The van der Waals surface area contributed by atoms with Gasteiger partial charge in [-0.05, 0) is 79.6 Å². The fourth-order valence-electron chi connectivity index (χ4n) is 7.89. The van der Waals surface area contributed by atoms with Crippen LogP contribution in [0.1, 0.15) is 89.9 Å². The number of rotatable bonds is 2. The fourth-order valence-corrected chi connectivity index (χ4v) is 7.89. The standard InChI is InChI=1S/C24H36O2/c25-23-21(19-13-11-15-7-3-1-5-9-17(15)19)24(26)22(23)20-14-12-16-8-4-2-6-10-18(16)20/h15-21,25H,1-14H2/p-1. The Balaban J connectivity index is 1.35. The summed E-state index contributed by atoms with van der Waals surface area (Å²) in [6.45, 7) is 0. The second-order valence-electron chi connectivity index (χ2n) is 10.2. The minimum atomic E-state index is -0.220. The van der Waals surface area contributed by atoms with Crippen LogP contribution in [0.15, 0.2) is 11.3 Å². The van der Waals surface area contributed by atoms with Crippen LogP contribution >= 0.6 is 0 Å². The summed E-state index contributed by atoms with van der Waals surface area (Å²) in [5.41, 5.74) is 0.793. The third-order valence-corrected chi connectivity index (χ3v) is 9.12. The van der Waals surface area contributed by atoms with Crippen molar-refractivity contribution in [3.63, 3.8) is 0 Å². The first-order chi connectivity index (χ1) is 12.8. The SMILES string of the molecule is O=C1C(C2CCC3CCCCCC32)=C([O-])C1C1CCC2CCCCCC21. The zero-order valence-corrected chi connectivity index (χ0v) is 16.3. The van der Waals surface area contributed by atoms with Gasteiger partial charge in [0.15, 0.2) is 5.78 Å². The van der Waals surface area contributed by atoms with Crippen LogP contribution in [0, 0.1) is 41.4 Å². The van der Waals surface area contributed by atoms with Crippen molar-refractivity contribution in [2.45, 2.75) is 89.9 Å². The smallest absolute Gasteiger partial charge is 0.164 e. The van der Waals surface area contributed by atoms with Gasteiger partial charge in [0.1, 0.15) is 0 Å². The van der Waals surface area contributed by atoms with E-state index in [9.17, 15) is 9.90 Å². The monoisotopic (exact) mass is 355 g/mol. The molecule has 0 amide bonds. The highest BCUT2D eigenvalue weighted by atomic mass is 16.3. The number of hydrogen-bond acceptors (Lipinski definition) is 2. The summed E-state index contributed by atoms with van der Waals surface area (Å²) in [6.07, 6.45) is 18.1. The molecular weight excluding hydrogens is 320 g/mol. The van der Waals surface area contributed by atoms with Gasteiger partial charge in [-0.2, -0.15) is 0 Å². The Labute approximate surface area is 158 Å². The number of allylic oxidation sites excluding steroid dienone is 2. The highest BCUT2D eigenvalue weighted by molar-refractivity contribution is 6.06. The van der Waals surface area contributed by atoms with Crippen molar-refractivity contribution >= 4 is 5.78 Å². The molecule has 5 rings (SSSR count). The lowest BCUT2D eigenvalue weighted by Crippen LogP contribution is -2.46. The molecule has 0 heterocycles. The minimum absolute atomic E-state index is 0.220. The molecule has 0 aromatic rings. The lowest BCUT2D eigenvalue weighted by atomic mass is 9.64. The Bertz CT molecular complexity index is 591. The van der Waals surface area contributed by atoms with Gasteiger partial charge in [-0.1, -0.05) is 51.4 Å². The first-order valence-electron chi connectivity index (χ1n) is 11.7. The molecule has 0 aliphatic heterocycles. The van der Waals surface area contributed by atoms with Crippen LogP contribution in [0.5, 0.6) is 0 Å². The van der Waals surface area contributed by atoms with Crippen molar-refractivity contribution in [3.05, 3.63) is 11.3 Å². The molecule has 0 aromatic carbocycles. The second kappa shape index (κ2) is 6.99. The first kappa shape index (κ1) is 17.3. The van der Waals surface area contributed by atoms with Crippen LogP contribution in [0.3, 0.4) is 0 Å². The van der Waals surface area contributed by atoms with E-state index in [4.69, 9.17) is 0 Å². The van der Waals surface area contributed by atoms with Crippen LogP contribution in [-0.4, -0.2) is 5.78 Å². The number of hydrogen-bond donors (Lipinski definition) is 0. The van der Waals surface area contributed by atoms with Crippen molar-refractivity contribution in [2.24, 2.45) is 41.4 Å². The fraction of sp³-hybridized carbons (Fsp3) is 0.875. The summed E-state index contributed by atoms with van der Waals surface area (Å²) in [7, 11) is 0. The van der Waals surface area contributed by atoms with E-state index in [1.54, 1.807) is 0 Å².